The fraction of sp³-hybridized carbons (Fsp3) is 0.267. The number of methoxy groups -OCH3 is 1. The van der Waals surface area contributed by atoms with Crippen LogP contribution in [0.15, 0.2) is 69.9 Å². The molecule has 0 aliphatic carbocycles. The van der Waals surface area contributed by atoms with Crippen molar-refractivity contribution in [2.24, 2.45) is 0 Å². The molecule has 0 radical (unpaired) electrons. The number of hydrogen-bond acceptors (Lipinski definition) is 5. The van der Waals surface area contributed by atoms with Crippen molar-refractivity contribution in [1.82, 2.24) is 0 Å². The van der Waals surface area contributed by atoms with E-state index in [1.165, 1.54) is 12.1 Å². The van der Waals surface area contributed by atoms with E-state index in [9.17, 15) is 14.0 Å². The molecule has 7 heteroatoms. The van der Waals surface area contributed by atoms with E-state index in [4.69, 9.17) is 13.9 Å². The molecule has 1 atom stereocenters. The van der Waals surface area contributed by atoms with Crippen LogP contribution in [0.4, 0.5) is 10.1 Å². The monoisotopic (exact) mass is 501 g/mol. The highest BCUT2D eigenvalue weighted by atomic mass is 19.1. The molecular weight excluding hydrogens is 473 g/mol. The van der Waals surface area contributed by atoms with E-state index in [0.29, 0.717) is 29.4 Å². The van der Waals surface area contributed by atoms with Crippen molar-refractivity contribution in [3.05, 3.63) is 99.2 Å². The minimum atomic E-state index is -0.794. The Morgan fingerprint density at radius 3 is 2.46 bits per heavy atom. The molecule has 190 valence electrons. The maximum absolute atomic E-state index is 14.1. The fourth-order valence-electron chi connectivity index (χ4n) is 4.72. The molecular formula is C30H28FNO5. The van der Waals surface area contributed by atoms with E-state index in [0.717, 1.165) is 30.9 Å². The highest BCUT2D eigenvalue weighted by molar-refractivity contribution is 6.10. The lowest BCUT2D eigenvalue weighted by molar-refractivity contribution is 0.0971. The molecule has 1 aliphatic heterocycles. The molecule has 4 aromatic rings. The van der Waals surface area contributed by atoms with Gasteiger partial charge >= 0.3 is 0 Å². The summed E-state index contributed by atoms with van der Waals surface area (Å²) in [5.74, 6) is 0.0383. The predicted molar refractivity (Wildman–Crippen MR) is 140 cm³/mol. The molecule has 1 amide bonds. The average molecular weight is 502 g/mol. The molecule has 1 aromatic heterocycles. The van der Waals surface area contributed by atoms with Gasteiger partial charge in [0.15, 0.2) is 16.9 Å². The Morgan fingerprint density at radius 1 is 0.973 bits per heavy atom. The molecule has 37 heavy (non-hydrogen) atoms. The summed E-state index contributed by atoms with van der Waals surface area (Å²) >= 11 is 0. The van der Waals surface area contributed by atoms with Gasteiger partial charge < -0.3 is 13.9 Å². The number of carbonyl (C=O) groups is 1. The van der Waals surface area contributed by atoms with Crippen LogP contribution in [0, 0.1) is 5.82 Å². The summed E-state index contributed by atoms with van der Waals surface area (Å²) < 4.78 is 31.5. The first-order chi connectivity index (χ1) is 18.0. The third-order valence-corrected chi connectivity index (χ3v) is 6.71. The highest BCUT2D eigenvalue weighted by Crippen LogP contribution is 2.43. The summed E-state index contributed by atoms with van der Waals surface area (Å²) in [5, 5.41) is 0.0891. The Bertz CT molecular complexity index is 1530. The maximum atomic E-state index is 14.1. The van der Waals surface area contributed by atoms with E-state index in [-0.39, 0.29) is 22.3 Å². The molecule has 0 bridgehead atoms. The lowest BCUT2D eigenvalue weighted by Gasteiger charge is -2.26. The number of aryl methyl sites for hydroxylation is 1. The number of amides is 1. The standard InChI is InChI=1S/C30H28FNO5/c1-4-6-15-36-24-13-9-19(16-25(24)35-3)27-26-28(33)22-17-20(31)10-14-23(22)37-29(26)30(34)32(27)21-11-7-18(5-2)8-12-21/h7-14,16-17,27H,4-6,15H2,1-3H3. The van der Waals surface area contributed by atoms with Crippen molar-refractivity contribution < 1.29 is 23.1 Å². The van der Waals surface area contributed by atoms with Gasteiger partial charge in [0.2, 0.25) is 5.76 Å². The normalized spacial score (nSPS) is 14.8. The van der Waals surface area contributed by atoms with Gasteiger partial charge in [0.05, 0.1) is 30.7 Å². The second kappa shape index (κ2) is 10.1. The van der Waals surface area contributed by atoms with E-state index < -0.39 is 23.2 Å². The molecule has 0 saturated heterocycles. The van der Waals surface area contributed by atoms with Crippen LogP contribution in [0.5, 0.6) is 11.5 Å². The van der Waals surface area contributed by atoms with Crippen LogP contribution in [-0.2, 0) is 6.42 Å². The van der Waals surface area contributed by atoms with Crippen molar-refractivity contribution in [2.75, 3.05) is 18.6 Å². The lowest BCUT2D eigenvalue weighted by atomic mass is 9.97. The number of unbranched alkanes of at least 4 members (excludes halogenated alkanes) is 1. The number of anilines is 1. The fourth-order valence-corrected chi connectivity index (χ4v) is 4.72. The Balaban J connectivity index is 1.70. The van der Waals surface area contributed by atoms with Crippen LogP contribution in [0.25, 0.3) is 11.0 Å². The molecule has 5 rings (SSSR count). The molecule has 1 aliphatic rings. The summed E-state index contributed by atoms with van der Waals surface area (Å²) in [6, 6.07) is 15.9. The highest BCUT2D eigenvalue weighted by Gasteiger charge is 2.44. The summed E-state index contributed by atoms with van der Waals surface area (Å²) in [5.41, 5.74) is 2.28. The van der Waals surface area contributed by atoms with Crippen molar-refractivity contribution in [3.63, 3.8) is 0 Å². The number of halogens is 1. The van der Waals surface area contributed by atoms with Crippen molar-refractivity contribution in [3.8, 4) is 11.5 Å². The maximum Gasteiger partial charge on any atom is 0.295 e. The van der Waals surface area contributed by atoms with E-state index in [1.807, 2.05) is 30.3 Å². The van der Waals surface area contributed by atoms with E-state index in [2.05, 4.69) is 13.8 Å². The van der Waals surface area contributed by atoms with Crippen LogP contribution in [0.2, 0.25) is 0 Å². The van der Waals surface area contributed by atoms with Gasteiger partial charge in [0, 0.05) is 5.69 Å². The Morgan fingerprint density at radius 2 is 1.76 bits per heavy atom. The van der Waals surface area contributed by atoms with Crippen molar-refractivity contribution >= 4 is 22.6 Å². The topological polar surface area (TPSA) is 69.0 Å². The zero-order chi connectivity index (χ0) is 26.1. The number of ether oxygens (including phenoxy) is 2. The first-order valence-corrected chi connectivity index (χ1v) is 12.5. The van der Waals surface area contributed by atoms with Crippen molar-refractivity contribution in [2.45, 2.75) is 39.2 Å². The minimum Gasteiger partial charge on any atom is -0.493 e. The summed E-state index contributed by atoms with van der Waals surface area (Å²) in [6.07, 6.45) is 2.75. The van der Waals surface area contributed by atoms with Gasteiger partial charge in [-0.15, -0.1) is 0 Å². The summed E-state index contributed by atoms with van der Waals surface area (Å²) in [4.78, 5) is 29.0. The van der Waals surface area contributed by atoms with Gasteiger partial charge in [0.1, 0.15) is 11.4 Å². The Kier molecular flexibility index (Phi) is 6.70. The summed E-state index contributed by atoms with van der Waals surface area (Å²) in [7, 11) is 1.55. The predicted octanol–water partition coefficient (Wildman–Crippen LogP) is 6.43. The van der Waals surface area contributed by atoms with E-state index in [1.54, 1.807) is 24.1 Å². The van der Waals surface area contributed by atoms with Gasteiger partial charge in [-0.1, -0.05) is 38.5 Å². The smallest absolute Gasteiger partial charge is 0.295 e. The zero-order valence-corrected chi connectivity index (χ0v) is 21.0. The number of rotatable bonds is 8. The molecule has 6 nitrogen and oxygen atoms in total. The Hall–Kier alpha value is -4.13. The zero-order valence-electron chi connectivity index (χ0n) is 21.0. The average Bonchev–Trinajstić information content (AvgIpc) is 3.21. The lowest BCUT2D eigenvalue weighted by Crippen LogP contribution is -2.29. The number of benzene rings is 3. The summed E-state index contributed by atoms with van der Waals surface area (Å²) in [6.45, 7) is 4.69. The van der Waals surface area contributed by atoms with Gasteiger partial charge in [-0.2, -0.15) is 0 Å². The second-order valence-corrected chi connectivity index (χ2v) is 9.02. The quantitative estimate of drug-likeness (QED) is 0.260. The number of nitrogens with zero attached hydrogens (tertiary/aromatic N) is 1. The molecule has 0 saturated carbocycles. The van der Waals surface area contributed by atoms with Crippen LogP contribution in [0.1, 0.15) is 60.0 Å². The minimum absolute atomic E-state index is 0.0454. The SMILES string of the molecule is CCCCOc1ccc(C2c3c(oc4ccc(F)cc4c3=O)C(=O)N2c2ccc(CC)cc2)cc1OC. The molecule has 2 heterocycles. The third kappa shape index (κ3) is 4.35. The number of carbonyl (C=O) groups excluding carboxylic acids is 1. The largest absolute Gasteiger partial charge is 0.493 e. The second-order valence-electron chi connectivity index (χ2n) is 9.02. The first kappa shape index (κ1) is 24.6. The van der Waals surface area contributed by atoms with Crippen LogP contribution < -0.4 is 19.8 Å². The van der Waals surface area contributed by atoms with Crippen LogP contribution in [0.3, 0.4) is 0 Å². The number of hydrogen-bond donors (Lipinski definition) is 0. The van der Waals surface area contributed by atoms with E-state index >= 15 is 0 Å². The third-order valence-electron chi connectivity index (χ3n) is 6.71. The first-order valence-electron chi connectivity index (χ1n) is 12.5. The van der Waals surface area contributed by atoms with Crippen molar-refractivity contribution in [1.29, 1.82) is 0 Å². The van der Waals surface area contributed by atoms with Gasteiger partial charge in [-0.3, -0.25) is 14.5 Å². The Labute approximate surface area is 214 Å². The molecule has 0 N–H and O–H groups in total. The molecule has 0 spiro atoms. The molecule has 3 aromatic carbocycles. The van der Waals surface area contributed by atoms with Gasteiger partial charge in [0.25, 0.3) is 5.91 Å². The van der Waals surface area contributed by atoms with Gasteiger partial charge in [-0.25, -0.2) is 4.39 Å². The van der Waals surface area contributed by atoms with Gasteiger partial charge in [-0.05, 0) is 66.4 Å². The number of fused-ring (bicyclic) bond motifs is 2. The molecule has 1 unspecified atom stereocenters. The van der Waals surface area contributed by atoms with Crippen LogP contribution >= 0.6 is 0 Å². The molecule has 0 fully saturated rings. The van der Waals surface area contributed by atoms with Crippen LogP contribution in [-0.4, -0.2) is 19.6 Å².